The smallest absolute Gasteiger partial charge is 0.320 e. The molecule has 1 heterocycles. The number of benzene rings is 2. The van der Waals surface area contributed by atoms with E-state index in [0.717, 1.165) is 29.8 Å². The molecule has 2 aromatic carbocycles. The summed E-state index contributed by atoms with van der Waals surface area (Å²) in [5.41, 5.74) is 3.38. The van der Waals surface area contributed by atoms with Crippen molar-refractivity contribution >= 4 is 5.97 Å². The Morgan fingerprint density at radius 2 is 1.96 bits per heavy atom. The summed E-state index contributed by atoms with van der Waals surface area (Å²) >= 11 is 0. The number of aliphatic carboxylic acids is 1. The van der Waals surface area contributed by atoms with Crippen molar-refractivity contribution in [2.45, 2.75) is 38.8 Å². The van der Waals surface area contributed by atoms with Crippen LogP contribution in [0.4, 0.5) is 0 Å². The minimum Gasteiger partial charge on any atom is -0.494 e. The fourth-order valence-electron chi connectivity index (χ4n) is 3.72. The third-order valence-corrected chi connectivity index (χ3v) is 4.75. The molecule has 1 aliphatic rings. The highest BCUT2D eigenvalue weighted by Gasteiger charge is 2.36. The second-order valence-corrected chi connectivity index (χ2v) is 6.56. The van der Waals surface area contributed by atoms with Crippen LogP contribution in [-0.4, -0.2) is 35.2 Å². The molecule has 1 N–H and O–H groups in total. The van der Waals surface area contributed by atoms with E-state index >= 15 is 0 Å². The lowest BCUT2D eigenvalue weighted by atomic mass is 9.95. The molecule has 2 unspecified atom stereocenters. The zero-order valence-corrected chi connectivity index (χ0v) is 14.8. The van der Waals surface area contributed by atoms with Crippen LogP contribution >= 0.6 is 0 Å². The van der Waals surface area contributed by atoms with Gasteiger partial charge in [-0.15, -0.1) is 0 Å². The summed E-state index contributed by atoms with van der Waals surface area (Å²) in [5, 5.41) is 9.65. The fourth-order valence-corrected chi connectivity index (χ4v) is 3.72. The van der Waals surface area contributed by atoms with Crippen LogP contribution in [0, 0.1) is 6.92 Å². The molecule has 25 heavy (non-hydrogen) atoms. The van der Waals surface area contributed by atoms with E-state index in [0.29, 0.717) is 13.0 Å². The molecule has 3 rings (SSSR count). The number of hydrogen-bond donors (Lipinski definition) is 1. The number of carbonyl (C=O) groups is 1. The predicted octanol–water partition coefficient (Wildman–Crippen LogP) is 4.03. The van der Waals surface area contributed by atoms with Crippen LogP contribution in [0.3, 0.4) is 0 Å². The number of rotatable bonds is 6. The SMILES string of the molecule is CCOc1cccc(C(c2cccc(C)c2)N2CCCC2C(=O)O)c1. The maximum Gasteiger partial charge on any atom is 0.320 e. The minimum absolute atomic E-state index is 0.0797. The monoisotopic (exact) mass is 339 g/mol. The molecule has 2 aromatic rings. The second kappa shape index (κ2) is 7.70. The van der Waals surface area contributed by atoms with Gasteiger partial charge in [-0.1, -0.05) is 42.0 Å². The van der Waals surface area contributed by atoms with E-state index < -0.39 is 12.0 Å². The third-order valence-electron chi connectivity index (χ3n) is 4.75. The molecular weight excluding hydrogens is 314 g/mol. The van der Waals surface area contributed by atoms with Crippen LogP contribution in [0.1, 0.15) is 42.5 Å². The maximum atomic E-state index is 11.7. The zero-order chi connectivity index (χ0) is 17.8. The maximum absolute atomic E-state index is 11.7. The van der Waals surface area contributed by atoms with Crippen molar-refractivity contribution in [3.05, 3.63) is 65.2 Å². The van der Waals surface area contributed by atoms with Gasteiger partial charge < -0.3 is 9.84 Å². The van der Waals surface area contributed by atoms with Crippen LogP contribution < -0.4 is 4.74 Å². The summed E-state index contributed by atoms with van der Waals surface area (Å²) < 4.78 is 5.66. The van der Waals surface area contributed by atoms with E-state index in [1.807, 2.05) is 31.2 Å². The molecule has 0 radical (unpaired) electrons. The van der Waals surface area contributed by atoms with Gasteiger partial charge in [0.1, 0.15) is 11.8 Å². The molecule has 1 aliphatic heterocycles. The van der Waals surface area contributed by atoms with E-state index in [-0.39, 0.29) is 6.04 Å². The van der Waals surface area contributed by atoms with Gasteiger partial charge in [0.05, 0.1) is 12.6 Å². The first kappa shape index (κ1) is 17.5. The van der Waals surface area contributed by atoms with Gasteiger partial charge in [-0.3, -0.25) is 9.69 Å². The van der Waals surface area contributed by atoms with Crippen LogP contribution in [-0.2, 0) is 4.79 Å². The van der Waals surface area contributed by atoms with E-state index in [1.165, 1.54) is 5.56 Å². The summed E-state index contributed by atoms with van der Waals surface area (Å²) in [4.78, 5) is 13.9. The normalized spacial score (nSPS) is 18.9. The lowest BCUT2D eigenvalue weighted by molar-refractivity contribution is -0.142. The molecule has 0 aromatic heterocycles. The van der Waals surface area contributed by atoms with Gasteiger partial charge in [0.25, 0.3) is 0 Å². The first-order chi connectivity index (χ1) is 12.1. The van der Waals surface area contributed by atoms with Crippen molar-refractivity contribution in [1.82, 2.24) is 4.90 Å². The quantitative estimate of drug-likeness (QED) is 0.863. The number of carboxylic acids is 1. The first-order valence-corrected chi connectivity index (χ1v) is 8.88. The minimum atomic E-state index is -0.740. The van der Waals surface area contributed by atoms with Crippen molar-refractivity contribution in [2.75, 3.05) is 13.2 Å². The van der Waals surface area contributed by atoms with Crippen molar-refractivity contribution < 1.29 is 14.6 Å². The molecule has 2 atom stereocenters. The molecule has 0 saturated carbocycles. The van der Waals surface area contributed by atoms with Crippen LogP contribution in [0.25, 0.3) is 0 Å². The average Bonchev–Trinajstić information content (AvgIpc) is 3.05. The topological polar surface area (TPSA) is 49.8 Å². The fraction of sp³-hybridized carbons (Fsp3) is 0.381. The summed E-state index contributed by atoms with van der Waals surface area (Å²) in [7, 11) is 0. The summed E-state index contributed by atoms with van der Waals surface area (Å²) in [6.07, 6.45) is 1.60. The lowest BCUT2D eigenvalue weighted by Gasteiger charge is -2.32. The first-order valence-electron chi connectivity index (χ1n) is 8.88. The zero-order valence-electron chi connectivity index (χ0n) is 14.8. The van der Waals surface area contributed by atoms with Crippen molar-refractivity contribution in [2.24, 2.45) is 0 Å². The summed E-state index contributed by atoms with van der Waals surface area (Å²) in [5.74, 6) is 0.0832. The van der Waals surface area contributed by atoms with Crippen molar-refractivity contribution in [3.8, 4) is 5.75 Å². The molecule has 1 saturated heterocycles. The van der Waals surface area contributed by atoms with E-state index in [1.54, 1.807) is 0 Å². The molecule has 0 spiro atoms. The number of ether oxygens (including phenoxy) is 1. The molecule has 4 heteroatoms. The van der Waals surface area contributed by atoms with Crippen LogP contribution in [0.15, 0.2) is 48.5 Å². The number of nitrogens with zero attached hydrogens (tertiary/aromatic N) is 1. The Hall–Kier alpha value is -2.33. The Balaban J connectivity index is 2.06. The predicted molar refractivity (Wildman–Crippen MR) is 98.0 cm³/mol. The van der Waals surface area contributed by atoms with E-state index in [9.17, 15) is 9.90 Å². The van der Waals surface area contributed by atoms with Crippen LogP contribution in [0.5, 0.6) is 5.75 Å². The summed E-state index contributed by atoms with van der Waals surface area (Å²) in [6, 6.07) is 15.8. The van der Waals surface area contributed by atoms with Crippen LogP contribution in [0.2, 0.25) is 0 Å². The van der Waals surface area contributed by atoms with Crippen molar-refractivity contribution in [3.63, 3.8) is 0 Å². The van der Waals surface area contributed by atoms with Gasteiger partial charge in [0.2, 0.25) is 0 Å². The Bertz CT molecular complexity index is 743. The molecule has 0 aliphatic carbocycles. The van der Waals surface area contributed by atoms with Gasteiger partial charge >= 0.3 is 5.97 Å². The number of likely N-dealkylation sites (tertiary alicyclic amines) is 1. The Morgan fingerprint density at radius 1 is 1.24 bits per heavy atom. The molecule has 132 valence electrons. The standard InChI is InChI=1S/C21H25NO3/c1-3-25-18-10-5-9-17(14-18)20(16-8-4-7-15(2)13-16)22-12-6-11-19(22)21(23)24/h4-5,7-10,13-14,19-20H,3,6,11-12H2,1-2H3,(H,23,24). The van der Waals surface area contributed by atoms with Gasteiger partial charge in [0.15, 0.2) is 0 Å². The average molecular weight is 339 g/mol. The molecule has 0 amide bonds. The third kappa shape index (κ3) is 3.85. The highest BCUT2D eigenvalue weighted by Crippen LogP contribution is 2.36. The Kier molecular flexibility index (Phi) is 5.39. The van der Waals surface area contributed by atoms with E-state index in [4.69, 9.17) is 4.74 Å². The molecular formula is C21H25NO3. The molecule has 4 nitrogen and oxygen atoms in total. The number of hydrogen-bond acceptors (Lipinski definition) is 3. The van der Waals surface area contributed by atoms with E-state index in [2.05, 4.69) is 36.1 Å². The number of carboxylic acid groups (broad SMARTS) is 1. The van der Waals surface area contributed by atoms with Gasteiger partial charge in [0, 0.05) is 6.54 Å². The second-order valence-electron chi connectivity index (χ2n) is 6.56. The Labute approximate surface area is 149 Å². The number of aryl methyl sites for hydroxylation is 1. The largest absolute Gasteiger partial charge is 0.494 e. The summed E-state index contributed by atoms with van der Waals surface area (Å²) in [6.45, 7) is 5.43. The Morgan fingerprint density at radius 3 is 2.64 bits per heavy atom. The highest BCUT2D eigenvalue weighted by atomic mass is 16.5. The van der Waals surface area contributed by atoms with Gasteiger partial charge in [-0.25, -0.2) is 0 Å². The highest BCUT2D eigenvalue weighted by molar-refractivity contribution is 5.74. The molecule has 0 bridgehead atoms. The molecule has 1 fully saturated rings. The van der Waals surface area contributed by atoms with Crippen molar-refractivity contribution in [1.29, 1.82) is 0 Å². The van der Waals surface area contributed by atoms with Gasteiger partial charge in [-0.2, -0.15) is 0 Å². The lowest BCUT2D eigenvalue weighted by Crippen LogP contribution is -2.39. The van der Waals surface area contributed by atoms with Gasteiger partial charge in [-0.05, 0) is 49.9 Å².